The fourth-order valence-corrected chi connectivity index (χ4v) is 14.6. The smallest absolute Gasteiger partial charge is 0.744 e. The van der Waals surface area contributed by atoms with Crippen LogP contribution in [0.4, 0.5) is 0 Å². The van der Waals surface area contributed by atoms with E-state index in [1.165, 1.54) is 0 Å². The third-order valence-corrected chi connectivity index (χ3v) is 23.4. The topological polar surface area (TPSA) is 399 Å². The van der Waals surface area contributed by atoms with Crippen LogP contribution in [0.1, 0.15) is 188 Å². The van der Waals surface area contributed by atoms with E-state index in [1.54, 1.807) is 0 Å². The molecule has 0 aromatic heterocycles. The van der Waals surface area contributed by atoms with Crippen molar-refractivity contribution in [2.75, 3.05) is 39.6 Å². The van der Waals surface area contributed by atoms with E-state index in [-0.39, 0.29) is 354 Å². The van der Waals surface area contributed by atoms with Gasteiger partial charge in [0.1, 0.15) is 95.2 Å². The first-order valence-corrected chi connectivity index (χ1v) is 42.4. The van der Waals surface area contributed by atoms with Crippen molar-refractivity contribution in [1.29, 1.82) is 0 Å². The summed E-state index contributed by atoms with van der Waals surface area (Å²) in [5, 5.41) is 0. The third kappa shape index (κ3) is 29.6. The zero-order chi connectivity index (χ0) is 75.8. The summed E-state index contributed by atoms with van der Waals surface area (Å²) in [6.07, 6.45) is -0.697. The number of fused-ring (bicyclic) bond motifs is 12. The minimum absolute atomic E-state index is 0. The summed E-state index contributed by atoms with van der Waals surface area (Å²) < 4.78 is 286. The average Bonchev–Trinajstić information content (AvgIpc) is 0.766. The van der Waals surface area contributed by atoms with Gasteiger partial charge in [-0.1, -0.05) is 122 Å². The molecule has 6 atom stereocenters. The molecular weight excluding hydrogens is 1580 g/mol. The molecule has 564 valence electrons. The molecule has 0 saturated heterocycles. The Labute approximate surface area is 772 Å². The average molecular weight is 1670 g/mol. The van der Waals surface area contributed by atoms with E-state index < -0.39 is 129 Å². The van der Waals surface area contributed by atoms with E-state index in [4.69, 9.17) is 28.4 Å². The van der Waals surface area contributed by atoms with Crippen molar-refractivity contribution in [3.05, 3.63) is 140 Å². The molecule has 0 radical (unpaired) electrons. The second-order valence-electron chi connectivity index (χ2n) is 27.2. The Hall–Kier alpha value is -0.420. The van der Waals surface area contributed by atoms with Gasteiger partial charge >= 0.3 is 177 Å². The van der Waals surface area contributed by atoms with E-state index in [9.17, 15) is 77.8 Å². The van der Waals surface area contributed by atoms with Crippen LogP contribution in [0, 0.1) is 35.5 Å². The van der Waals surface area contributed by atoms with Crippen LogP contribution in [0.15, 0.2) is 102 Å². The molecule has 36 heteroatoms. The number of benzene rings is 6. The number of ether oxygens (including phenoxy) is 6. The standard InChI is InChI=1S/C72H96O24S6.6Na/c1-13-43(7)37-91-67-49-19-51-27-62(98(76,77)78)29-53(68(51)92-38-44(8)14-2)21-55-31-64(100(82,83)84)33-57(70(55)94-40-46(10)16-4)23-59-35-66(102(88,89)90)36-60(72(59)96-42-48(12)18-6)24-58-34-65(101(85,86)87)32-56(71(58)95-41-47(11)17-5)22-54-30-63(99(79,80)81)28-52(69(54)93-39-45(9)15-3)20-50(67)26-61(25-49)97(73,74)75;;;;;;/h25-36,43-48H,13-24,37-42H2,1-12H3,(H,73,74,75)(H,76,77,78)(H,79,80,81)(H,82,83,84)(H,85,86,87)(H,88,89,90);;;;;;/q;6*+1/p-6. The molecule has 6 aromatic rings. The van der Waals surface area contributed by atoms with Gasteiger partial charge in [-0.15, -0.1) is 0 Å². The van der Waals surface area contributed by atoms with Gasteiger partial charge in [-0.3, -0.25) is 0 Å². The Bertz CT molecular complexity index is 3870. The van der Waals surface area contributed by atoms with Crippen LogP contribution >= 0.6 is 0 Å². The van der Waals surface area contributed by atoms with E-state index in [2.05, 4.69) is 0 Å². The zero-order valence-electron chi connectivity index (χ0n) is 65.4. The molecule has 0 aliphatic heterocycles. The molecule has 1 aliphatic carbocycles. The molecule has 1 aliphatic rings. The van der Waals surface area contributed by atoms with Gasteiger partial charge in [0.15, 0.2) is 0 Å². The van der Waals surface area contributed by atoms with Crippen molar-refractivity contribution < 1.29 is 284 Å². The summed E-state index contributed by atoms with van der Waals surface area (Å²) in [5.74, 6) is -2.38. The van der Waals surface area contributed by atoms with E-state index in [0.29, 0.717) is 38.5 Å². The van der Waals surface area contributed by atoms with Gasteiger partial charge in [-0.05, 0) is 108 Å². The number of hydrogen-bond donors (Lipinski definition) is 0. The molecule has 12 bridgehead atoms. The minimum Gasteiger partial charge on any atom is -0.744 e. The predicted octanol–water partition coefficient (Wildman–Crippen LogP) is -6.46. The van der Waals surface area contributed by atoms with Gasteiger partial charge in [0, 0.05) is 105 Å². The molecule has 0 amide bonds. The molecular formula is C72H90Na6O24S6. The van der Waals surface area contributed by atoms with E-state index in [1.807, 2.05) is 83.1 Å². The van der Waals surface area contributed by atoms with Gasteiger partial charge in [-0.2, -0.15) is 0 Å². The SMILES string of the molecule is CCC(C)COc1c2cc(S(=O)(=O)[O-])cc1Cc1cc(S(=O)(=O)[O-])cc(c1OCC(C)CC)Cc1cc(S(=O)(=O)[O-])cc(c1OCC(C)CC)Cc1cc(S(=O)(=O)[O-])cc(c1OCC(C)CC)Cc1cc(S(=O)(=O)[O-])cc(c1OCC(C)CC)Cc1cc(S(=O)(=O)[O-])cc(c1OCC(C)CC)C2.[Na+].[Na+].[Na+].[Na+].[Na+].[Na+]. The minimum atomic E-state index is -5.52. The Morgan fingerprint density at radius 2 is 0.324 bits per heavy atom. The van der Waals surface area contributed by atoms with Crippen molar-refractivity contribution in [3.63, 3.8) is 0 Å². The van der Waals surface area contributed by atoms with Crippen molar-refractivity contribution in [3.8, 4) is 34.5 Å². The van der Waals surface area contributed by atoms with Crippen LogP contribution in [0.5, 0.6) is 34.5 Å². The fourth-order valence-electron chi connectivity index (χ4n) is 11.2. The van der Waals surface area contributed by atoms with Crippen LogP contribution in [-0.2, 0) is 99.2 Å². The maximum Gasteiger partial charge on any atom is 1.00 e. The molecule has 0 N–H and O–H groups in total. The van der Waals surface area contributed by atoms with E-state index >= 15 is 0 Å². The quantitative estimate of drug-likeness (QED) is 0.0298. The molecule has 0 heterocycles. The third-order valence-electron chi connectivity index (χ3n) is 18.6. The number of rotatable bonds is 30. The number of hydrogen-bond acceptors (Lipinski definition) is 24. The summed E-state index contributed by atoms with van der Waals surface area (Å²) in [5.41, 5.74) is -1.74. The molecule has 6 unspecified atom stereocenters. The largest absolute Gasteiger partial charge is 1.00 e. The van der Waals surface area contributed by atoms with E-state index in [0.717, 1.165) is 72.8 Å². The van der Waals surface area contributed by atoms with Crippen molar-refractivity contribution >= 4 is 60.7 Å². The van der Waals surface area contributed by atoms with Crippen molar-refractivity contribution in [1.82, 2.24) is 0 Å². The van der Waals surface area contributed by atoms with Gasteiger partial charge < -0.3 is 55.7 Å². The monoisotopic (exact) mass is 1670 g/mol. The zero-order valence-corrected chi connectivity index (χ0v) is 82.3. The van der Waals surface area contributed by atoms with Crippen LogP contribution in [0.2, 0.25) is 0 Å². The van der Waals surface area contributed by atoms with Crippen LogP contribution in [-0.4, -0.2) is 117 Å². The maximum absolute atomic E-state index is 13.6. The Balaban J connectivity index is 0.00000972. The van der Waals surface area contributed by atoms with Crippen LogP contribution in [0.25, 0.3) is 0 Å². The van der Waals surface area contributed by atoms with Crippen molar-refractivity contribution in [2.45, 2.75) is 190 Å². The summed E-state index contributed by atoms with van der Waals surface area (Å²) >= 11 is 0. The molecule has 108 heavy (non-hydrogen) atoms. The first-order chi connectivity index (χ1) is 47.5. The Morgan fingerprint density at radius 1 is 0.231 bits per heavy atom. The molecule has 0 fully saturated rings. The van der Waals surface area contributed by atoms with Crippen LogP contribution < -0.4 is 206 Å². The van der Waals surface area contributed by atoms with Gasteiger partial charge in [0.25, 0.3) is 0 Å². The molecule has 24 nitrogen and oxygen atoms in total. The van der Waals surface area contributed by atoms with Crippen LogP contribution in [0.3, 0.4) is 0 Å². The fraction of sp³-hybridized carbons (Fsp3) is 0.500. The Morgan fingerprint density at radius 3 is 0.398 bits per heavy atom. The summed E-state index contributed by atoms with van der Waals surface area (Å²) in [4.78, 5) is -5.30. The first-order valence-electron chi connectivity index (χ1n) is 34.0. The summed E-state index contributed by atoms with van der Waals surface area (Å²) in [6, 6.07) is 11.8. The maximum atomic E-state index is 13.6. The summed E-state index contributed by atoms with van der Waals surface area (Å²) in [7, 11) is -33.1. The predicted molar refractivity (Wildman–Crippen MR) is 373 cm³/mol. The second kappa shape index (κ2) is 45.5. The second-order valence-corrected chi connectivity index (χ2v) is 35.4. The summed E-state index contributed by atoms with van der Waals surface area (Å²) in [6.45, 7) is 21.4. The molecule has 6 aromatic carbocycles. The molecule has 0 spiro atoms. The normalized spacial score (nSPS) is 14.4. The first kappa shape index (κ1) is 106. The molecule has 7 rings (SSSR count). The van der Waals surface area contributed by atoms with Gasteiger partial charge in [0.05, 0.1) is 69.0 Å². The Kier molecular flexibility index (Phi) is 44.5. The molecule has 0 saturated carbocycles. The van der Waals surface area contributed by atoms with Crippen molar-refractivity contribution in [2.24, 2.45) is 35.5 Å². The van der Waals surface area contributed by atoms with Gasteiger partial charge in [0.2, 0.25) is 0 Å². The van der Waals surface area contributed by atoms with Gasteiger partial charge in [-0.25, -0.2) is 50.5 Å².